The minimum Gasteiger partial charge on any atom is -0.493 e. The minimum absolute atomic E-state index is 0.259. The lowest BCUT2D eigenvalue weighted by molar-refractivity contribution is 0.0640. The number of benzene rings is 1. The first-order valence-corrected chi connectivity index (χ1v) is 6.82. The van der Waals surface area contributed by atoms with Crippen LogP contribution in [0, 0.1) is 11.7 Å². The molecule has 2 rings (SSSR count). The Morgan fingerprint density at radius 1 is 1.17 bits per heavy atom. The maximum atomic E-state index is 12.7. The fourth-order valence-electron chi connectivity index (χ4n) is 2.58. The molecule has 0 radical (unpaired) electrons. The van der Waals surface area contributed by atoms with Gasteiger partial charge in [-0.05, 0) is 43.0 Å². The molecule has 0 bridgehead atoms. The summed E-state index contributed by atoms with van der Waals surface area (Å²) in [6, 6.07) is 5.99. The fourth-order valence-corrected chi connectivity index (χ4v) is 2.58. The molecule has 0 spiro atoms. The molecule has 1 fully saturated rings. The van der Waals surface area contributed by atoms with Crippen LogP contribution in [0.2, 0.25) is 0 Å². The van der Waals surface area contributed by atoms with Gasteiger partial charge in [-0.25, -0.2) is 4.39 Å². The molecule has 1 aromatic rings. The molecule has 0 aliphatic heterocycles. The Labute approximate surface area is 108 Å². The molecular weight excluding hydrogens is 231 g/mol. The van der Waals surface area contributed by atoms with Crippen molar-refractivity contribution in [3.05, 3.63) is 30.1 Å². The second-order valence-electron chi connectivity index (χ2n) is 5.06. The SMILES string of the molecule is OC(CCOc1ccc(F)cc1)C1CCCCC1. The van der Waals surface area contributed by atoms with E-state index in [0.717, 1.165) is 12.8 Å². The first kappa shape index (κ1) is 13.3. The van der Waals surface area contributed by atoms with Gasteiger partial charge in [0.2, 0.25) is 0 Å². The van der Waals surface area contributed by atoms with Crippen molar-refractivity contribution in [3.63, 3.8) is 0 Å². The zero-order valence-corrected chi connectivity index (χ0v) is 10.6. The summed E-state index contributed by atoms with van der Waals surface area (Å²) in [5, 5.41) is 10.1. The normalized spacial score (nSPS) is 18.6. The standard InChI is InChI=1S/C15H21FO2/c16-13-6-8-14(9-7-13)18-11-10-15(17)12-4-2-1-3-5-12/h6-9,12,15,17H,1-5,10-11H2. The molecule has 0 aromatic heterocycles. The van der Waals surface area contributed by atoms with Crippen molar-refractivity contribution in [1.29, 1.82) is 0 Å². The summed E-state index contributed by atoms with van der Waals surface area (Å²) in [5.74, 6) is 0.840. The van der Waals surface area contributed by atoms with Crippen LogP contribution >= 0.6 is 0 Å². The van der Waals surface area contributed by atoms with Crippen molar-refractivity contribution < 1.29 is 14.2 Å². The molecule has 1 aliphatic rings. The minimum atomic E-state index is -0.260. The van der Waals surface area contributed by atoms with E-state index in [1.807, 2.05) is 0 Å². The lowest BCUT2D eigenvalue weighted by atomic mass is 9.84. The van der Waals surface area contributed by atoms with Gasteiger partial charge in [0, 0.05) is 6.42 Å². The van der Waals surface area contributed by atoms with E-state index >= 15 is 0 Å². The Hall–Kier alpha value is -1.09. The van der Waals surface area contributed by atoms with Crippen LogP contribution in [-0.2, 0) is 0 Å². The molecule has 3 heteroatoms. The van der Waals surface area contributed by atoms with E-state index < -0.39 is 0 Å². The molecule has 0 amide bonds. The quantitative estimate of drug-likeness (QED) is 0.868. The van der Waals surface area contributed by atoms with Gasteiger partial charge in [-0.2, -0.15) is 0 Å². The van der Waals surface area contributed by atoms with Crippen molar-refractivity contribution in [2.45, 2.75) is 44.6 Å². The Morgan fingerprint density at radius 3 is 2.50 bits per heavy atom. The lowest BCUT2D eigenvalue weighted by Crippen LogP contribution is -2.24. The van der Waals surface area contributed by atoms with Gasteiger partial charge in [-0.15, -0.1) is 0 Å². The summed E-state index contributed by atoms with van der Waals surface area (Å²) in [7, 11) is 0. The molecule has 100 valence electrons. The number of hydrogen-bond donors (Lipinski definition) is 1. The second kappa shape index (κ2) is 6.74. The van der Waals surface area contributed by atoms with E-state index in [4.69, 9.17) is 4.74 Å². The second-order valence-corrected chi connectivity index (χ2v) is 5.06. The predicted molar refractivity (Wildman–Crippen MR) is 69.1 cm³/mol. The monoisotopic (exact) mass is 252 g/mol. The number of ether oxygens (including phenoxy) is 1. The molecule has 1 aliphatic carbocycles. The zero-order valence-electron chi connectivity index (χ0n) is 10.6. The van der Waals surface area contributed by atoms with Crippen LogP contribution in [-0.4, -0.2) is 17.8 Å². The summed E-state index contributed by atoms with van der Waals surface area (Å²) in [5.41, 5.74) is 0. The van der Waals surface area contributed by atoms with E-state index in [9.17, 15) is 9.50 Å². The highest BCUT2D eigenvalue weighted by molar-refractivity contribution is 5.21. The van der Waals surface area contributed by atoms with Crippen molar-refractivity contribution in [2.75, 3.05) is 6.61 Å². The molecule has 1 saturated carbocycles. The van der Waals surface area contributed by atoms with Crippen LogP contribution in [0.5, 0.6) is 5.75 Å². The zero-order chi connectivity index (χ0) is 12.8. The Balaban J connectivity index is 1.69. The van der Waals surface area contributed by atoms with Crippen LogP contribution < -0.4 is 4.74 Å². The summed E-state index contributed by atoms with van der Waals surface area (Å²) in [4.78, 5) is 0. The van der Waals surface area contributed by atoms with E-state index in [0.29, 0.717) is 24.7 Å². The maximum Gasteiger partial charge on any atom is 0.123 e. The highest BCUT2D eigenvalue weighted by Gasteiger charge is 2.21. The molecule has 1 unspecified atom stereocenters. The predicted octanol–water partition coefficient (Wildman–Crippen LogP) is 3.54. The average molecular weight is 252 g/mol. The number of aliphatic hydroxyl groups excluding tert-OH is 1. The van der Waals surface area contributed by atoms with Gasteiger partial charge in [-0.1, -0.05) is 19.3 Å². The van der Waals surface area contributed by atoms with Gasteiger partial charge in [0.05, 0.1) is 12.7 Å². The summed E-state index contributed by atoms with van der Waals surface area (Å²) in [6.07, 6.45) is 6.44. The van der Waals surface area contributed by atoms with Crippen molar-refractivity contribution in [3.8, 4) is 5.75 Å². The van der Waals surface area contributed by atoms with Crippen LogP contribution in [0.15, 0.2) is 24.3 Å². The first-order chi connectivity index (χ1) is 8.75. The first-order valence-electron chi connectivity index (χ1n) is 6.82. The van der Waals surface area contributed by atoms with Crippen LogP contribution in [0.3, 0.4) is 0 Å². The molecule has 1 N–H and O–H groups in total. The smallest absolute Gasteiger partial charge is 0.123 e. The van der Waals surface area contributed by atoms with E-state index in [2.05, 4.69) is 0 Å². The van der Waals surface area contributed by atoms with Gasteiger partial charge in [0.15, 0.2) is 0 Å². The Morgan fingerprint density at radius 2 is 1.83 bits per heavy atom. The fraction of sp³-hybridized carbons (Fsp3) is 0.600. The number of halogens is 1. The Bertz CT molecular complexity index is 344. The molecule has 18 heavy (non-hydrogen) atoms. The van der Waals surface area contributed by atoms with E-state index in [1.165, 1.54) is 31.4 Å². The molecule has 0 saturated heterocycles. The number of rotatable bonds is 5. The molecule has 2 nitrogen and oxygen atoms in total. The third kappa shape index (κ3) is 3.98. The molecular formula is C15H21FO2. The van der Waals surface area contributed by atoms with E-state index in [1.54, 1.807) is 12.1 Å². The van der Waals surface area contributed by atoms with Gasteiger partial charge in [0.1, 0.15) is 11.6 Å². The van der Waals surface area contributed by atoms with Crippen LogP contribution in [0.25, 0.3) is 0 Å². The summed E-state index contributed by atoms with van der Waals surface area (Å²) in [6.45, 7) is 0.489. The third-order valence-corrected chi connectivity index (χ3v) is 3.69. The van der Waals surface area contributed by atoms with Crippen molar-refractivity contribution in [1.82, 2.24) is 0 Å². The average Bonchev–Trinajstić information content (AvgIpc) is 2.42. The summed E-state index contributed by atoms with van der Waals surface area (Å²) >= 11 is 0. The molecule has 1 atom stereocenters. The van der Waals surface area contributed by atoms with Crippen molar-refractivity contribution >= 4 is 0 Å². The third-order valence-electron chi connectivity index (χ3n) is 3.69. The Kier molecular flexibility index (Phi) is 5.00. The van der Waals surface area contributed by atoms with Gasteiger partial charge < -0.3 is 9.84 Å². The maximum absolute atomic E-state index is 12.7. The molecule has 1 aromatic carbocycles. The highest BCUT2D eigenvalue weighted by Crippen LogP contribution is 2.27. The summed E-state index contributed by atoms with van der Waals surface area (Å²) < 4.78 is 18.2. The topological polar surface area (TPSA) is 29.5 Å². The van der Waals surface area contributed by atoms with Gasteiger partial charge in [-0.3, -0.25) is 0 Å². The number of hydrogen-bond acceptors (Lipinski definition) is 2. The van der Waals surface area contributed by atoms with Crippen LogP contribution in [0.4, 0.5) is 4.39 Å². The lowest BCUT2D eigenvalue weighted by Gasteiger charge is -2.26. The van der Waals surface area contributed by atoms with Gasteiger partial charge >= 0.3 is 0 Å². The largest absolute Gasteiger partial charge is 0.493 e. The van der Waals surface area contributed by atoms with Gasteiger partial charge in [0.25, 0.3) is 0 Å². The van der Waals surface area contributed by atoms with Crippen molar-refractivity contribution in [2.24, 2.45) is 5.92 Å². The number of aliphatic hydroxyl groups is 1. The molecule has 0 heterocycles. The van der Waals surface area contributed by atoms with Crippen LogP contribution in [0.1, 0.15) is 38.5 Å². The van der Waals surface area contributed by atoms with E-state index in [-0.39, 0.29) is 11.9 Å². The highest BCUT2D eigenvalue weighted by atomic mass is 19.1.